The number of hydrogen-bond acceptors (Lipinski definition) is 2. The van der Waals surface area contributed by atoms with Gasteiger partial charge < -0.3 is 11.1 Å². The molecule has 1 aromatic rings. The van der Waals surface area contributed by atoms with Crippen molar-refractivity contribution in [3.63, 3.8) is 0 Å². The summed E-state index contributed by atoms with van der Waals surface area (Å²) in [5, 5.41) is 3.19. The number of carbonyl (C=O) groups is 1. The lowest BCUT2D eigenvalue weighted by atomic mass is 9.94. The minimum absolute atomic E-state index is 0.114. The maximum absolute atomic E-state index is 12.4. The van der Waals surface area contributed by atoms with Crippen molar-refractivity contribution in [3.8, 4) is 0 Å². The van der Waals surface area contributed by atoms with E-state index in [1.807, 2.05) is 18.2 Å². The summed E-state index contributed by atoms with van der Waals surface area (Å²) in [6.45, 7) is 2.73. The molecule has 0 heterocycles. The Morgan fingerprint density at radius 2 is 2.11 bits per heavy atom. The van der Waals surface area contributed by atoms with Crippen molar-refractivity contribution in [1.29, 1.82) is 0 Å². The van der Waals surface area contributed by atoms with Crippen LogP contribution in [0.4, 0.5) is 0 Å². The van der Waals surface area contributed by atoms with Gasteiger partial charge in [0.25, 0.3) is 0 Å². The predicted molar refractivity (Wildman–Crippen MR) is 77.5 cm³/mol. The Hall–Kier alpha value is -1.35. The molecule has 3 heteroatoms. The van der Waals surface area contributed by atoms with Gasteiger partial charge in [-0.25, -0.2) is 0 Å². The molecule has 0 bridgehead atoms. The molecular formula is C16H24N2O. The van der Waals surface area contributed by atoms with Gasteiger partial charge in [0.1, 0.15) is 0 Å². The second-order valence-electron chi connectivity index (χ2n) is 5.41. The van der Waals surface area contributed by atoms with Gasteiger partial charge in [-0.15, -0.1) is 0 Å². The third-order valence-corrected chi connectivity index (χ3v) is 4.23. The number of benzene rings is 1. The molecule has 3 N–H and O–H groups in total. The van der Waals surface area contributed by atoms with Crippen LogP contribution in [-0.4, -0.2) is 12.5 Å². The van der Waals surface area contributed by atoms with Gasteiger partial charge in [-0.05, 0) is 37.3 Å². The van der Waals surface area contributed by atoms with Gasteiger partial charge in [0, 0.05) is 5.92 Å². The Balaban J connectivity index is 2.00. The zero-order chi connectivity index (χ0) is 13.7. The Morgan fingerprint density at radius 1 is 1.37 bits per heavy atom. The van der Waals surface area contributed by atoms with Gasteiger partial charge in [-0.1, -0.05) is 43.7 Å². The van der Waals surface area contributed by atoms with E-state index in [1.165, 1.54) is 5.56 Å². The summed E-state index contributed by atoms with van der Waals surface area (Å²) in [5.41, 5.74) is 6.94. The van der Waals surface area contributed by atoms with Gasteiger partial charge in [-0.3, -0.25) is 4.79 Å². The van der Waals surface area contributed by atoms with Crippen LogP contribution in [0, 0.1) is 11.8 Å². The lowest BCUT2D eigenvalue weighted by Gasteiger charge is -2.22. The van der Waals surface area contributed by atoms with Crippen LogP contribution < -0.4 is 11.1 Å². The van der Waals surface area contributed by atoms with Crippen molar-refractivity contribution >= 4 is 5.91 Å². The third-order valence-electron chi connectivity index (χ3n) is 4.23. The van der Waals surface area contributed by atoms with Crippen LogP contribution in [0.5, 0.6) is 0 Å². The van der Waals surface area contributed by atoms with Crippen LogP contribution in [0.15, 0.2) is 30.3 Å². The molecule has 0 radical (unpaired) electrons. The summed E-state index contributed by atoms with van der Waals surface area (Å²) >= 11 is 0. The summed E-state index contributed by atoms with van der Waals surface area (Å²) in [7, 11) is 0. The van der Waals surface area contributed by atoms with E-state index in [0.29, 0.717) is 12.5 Å². The molecule has 2 rings (SSSR count). The molecule has 3 atom stereocenters. The Bertz CT molecular complexity index is 404. The van der Waals surface area contributed by atoms with Crippen LogP contribution in [0.25, 0.3) is 0 Å². The third kappa shape index (κ3) is 3.35. The van der Waals surface area contributed by atoms with Crippen molar-refractivity contribution in [2.75, 3.05) is 6.54 Å². The minimum Gasteiger partial charge on any atom is -0.349 e. The molecule has 1 unspecified atom stereocenters. The highest BCUT2D eigenvalue weighted by Gasteiger charge is 2.32. The highest BCUT2D eigenvalue weighted by molar-refractivity contribution is 5.79. The molecule has 1 fully saturated rings. The zero-order valence-electron chi connectivity index (χ0n) is 11.6. The fraction of sp³-hybridized carbons (Fsp3) is 0.562. The van der Waals surface area contributed by atoms with Crippen molar-refractivity contribution < 1.29 is 4.79 Å². The Morgan fingerprint density at radius 3 is 2.74 bits per heavy atom. The van der Waals surface area contributed by atoms with Crippen molar-refractivity contribution in [2.45, 2.75) is 38.6 Å². The van der Waals surface area contributed by atoms with E-state index in [9.17, 15) is 4.79 Å². The first-order valence-corrected chi connectivity index (χ1v) is 7.31. The molecule has 0 saturated heterocycles. The van der Waals surface area contributed by atoms with Crippen molar-refractivity contribution in [1.82, 2.24) is 5.32 Å². The van der Waals surface area contributed by atoms with E-state index in [1.54, 1.807) is 0 Å². The average Bonchev–Trinajstić information content (AvgIpc) is 2.94. The molecule has 0 aliphatic heterocycles. The van der Waals surface area contributed by atoms with Crippen molar-refractivity contribution in [3.05, 3.63) is 35.9 Å². The van der Waals surface area contributed by atoms with Gasteiger partial charge in [-0.2, -0.15) is 0 Å². The molecule has 1 aliphatic rings. The fourth-order valence-corrected chi connectivity index (χ4v) is 3.05. The van der Waals surface area contributed by atoms with Crippen LogP contribution >= 0.6 is 0 Å². The summed E-state index contributed by atoms with van der Waals surface area (Å²) in [4.78, 5) is 12.4. The van der Waals surface area contributed by atoms with E-state index in [2.05, 4.69) is 24.4 Å². The first-order valence-electron chi connectivity index (χ1n) is 7.31. The lowest BCUT2D eigenvalue weighted by molar-refractivity contribution is -0.126. The second-order valence-corrected chi connectivity index (χ2v) is 5.41. The van der Waals surface area contributed by atoms with Gasteiger partial charge in [0.05, 0.1) is 6.04 Å². The Kier molecular flexibility index (Phi) is 4.97. The maximum atomic E-state index is 12.4. The van der Waals surface area contributed by atoms with E-state index >= 15 is 0 Å². The van der Waals surface area contributed by atoms with Crippen LogP contribution in [0.3, 0.4) is 0 Å². The molecule has 1 aromatic carbocycles. The summed E-state index contributed by atoms with van der Waals surface area (Å²) in [6, 6.07) is 10.3. The molecule has 0 aromatic heterocycles. The number of rotatable bonds is 5. The summed E-state index contributed by atoms with van der Waals surface area (Å²) < 4.78 is 0. The average molecular weight is 260 g/mol. The van der Waals surface area contributed by atoms with E-state index in [-0.39, 0.29) is 17.9 Å². The van der Waals surface area contributed by atoms with Crippen LogP contribution in [-0.2, 0) is 4.79 Å². The Labute approximate surface area is 115 Å². The zero-order valence-corrected chi connectivity index (χ0v) is 11.6. The number of hydrogen-bond donors (Lipinski definition) is 2. The second kappa shape index (κ2) is 6.71. The summed E-state index contributed by atoms with van der Waals surface area (Å²) in [6.07, 6.45) is 4.12. The first kappa shape index (κ1) is 14.1. The van der Waals surface area contributed by atoms with Gasteiger partial charge in [0.2, 0.25) is 5.91 Å². The van der Waals surface area contributed by atoms with E-state index in [4.69, 9.17) is 5.73 Å². The minimum atomic E-state index is 0.114. The predicted octanol–water partition coefficient (Wildman–Crippen LogP) is 2.63. The molecule has 19 heavy (non-hydrogen) atoms. The molecule has 1 amide bonds. The SMILES string of the molecule is CCC(NC(=O)[C@@H]1CCC[C@@H]1CN)c1ccccc1. The molecule has 3 nitrogen and oxygen atoms in total. The van der Waals surface area contributed by atoms with Crippen molar-refractivity contribution in [2.24, 2.45) is 17.6 Å². The number of amides is 1. The highest BCUT2D eigenvalue weighted by Crippen LogP contribution is 2.31. The van der Waals surface area contributed by atoms with Crippen LogP contribution in [0.1, 0.15) is 44.2 Å². The van der Waals surface area contributed by atoms with E-state index < -0.39 is 0 Å². The summed E-state index contributed by atoms with van der Waals surface area (Å²) in [5.74, 6) is 0.666. The smallest absolute Gasteiger partial charge is 0.223 e. The first-order chi connectivity index (χ1) is 9.26. The van der Waals surface area contributed by atoms with Gasteiger partial charge in [0.15, 0.2) is 0 Å². The van der Waals surface area contributed by atoms with Gasteiger partial charge >= 0.3 is 0 Å². The lowest BCUT2D eigenvalue weighted by Crippen LogP contribution is -2.37. The molecular weight excluding hydrogens is 236 g/mol. The van der Waals surface area contributed by atoms with E-state index in [0.717, 1.165) is 25.7 Å². The quantitative estimate of drug-likeness (QED) is 0.855. The number of carbonyl (C=O) groups excluding carboxylic acids is 1. The number of nitrogens with one attached hydrogen (secondary N) is 1. The molecule has 1 saturated carbocycles. The molecule has 104 valence electrons. The van der Waals surface area contributed by atoms with Crippen LogP contribution in [0.2, 0.25) is 0 Å². The normalized spacial score (nSPS) is 24.1. The fourth-order valence-electron chi connectivity index (χ4n) is 3.05. The largest absolute Gasteiger partial charge is 0.349 e. The highest BCUT2D eigenvalue weighted by atomic mass is 16.2. The molecule has 1 aliphatic carbocycles. The molecule has 0 spiro atoms. The topological polar surface area (TPSA) is 55.1 Å². The monoisotopic (exact) mass is 260 g/mol. The number of nitrogens with two attached hydrogens (primary N) is 1. The standard InChI is InChI=1S/C16H24N2O/c1-2-15(12-7-4-3-5-8-12)18-16(19)14-10-6-9-13(14)11-17/h3-5,7-8,13-15H,2,6,9-11,17H2,1H3,(H,18,19)/t13-,14-,15?/m1/s1. The maximum Gasteiger partial charge on any atom is 0.223 e.